The van der Waals surface area contributed by atoms with Crippen LogP contribution >= 0.6 is 0 Å². The smallest absolute Gasteiger partial charge is 0.128 e. The average molecular weight is 244 g/mol. The minimum Gasteiger partial charge on any atom is -0.351 e. The minimum atomic E-state index is 0.460. The van der Waals surface area contributed by atoms with Gasteiger partial charge in [-0.2, -0.15) is 5.26 Å². The number of nitrogens with zero attached hydrogens (tertiary/aromatic N) is 4. The Morgan fingerprint density at radius 3 is 2.67 bits per heavy atom. The SMILES string of the molecule is CC(C)N1CCN(c2ccc(C#N)cn2)C(C)C1. The Balaban J connectivity index is 2.08. The van der Waals surface area contributed by atoms with Crippen LogP contribution in [0.1, 0.15) is 26.3 Å². The Hall–Kier alpha value is -1.60. The number of nitriles is 1. The van der Waals surface area contributed by atoms with Crippen LogP contribution in [-0.4, -0.2) is 41.6 Å². The van der Waals surface area contributed by atoms with Gasteiger partial charge in [-0.15, -0.1) is 0 Å². The van der Waals surface area contributed by atoms with E-state index in [1.54, 1.807) is 6.20 Å². The quantitative estimate of drug-likeness (QED) is 0.796. The summed E-state index contributed by atoms with van der Waals surface area (Å²) in [4.78, 5) is 9.19. The number of piperazine rings is 1. The van der Waals surface area contributed by atoms with Crippen LogP contribution in [0.3, 0.4) is 0 Å². The van der Waals surface area contributed by atoms with Gasteiger partial charge in [0.25, 0.3) is 0 Å². The van der Waals surface area contributed by atoms with E-state index >= 15 is 0 Å². The first kappa shape index (κ1) is 12.8. The summed E-state index contributed by atoms with van der Waals surface area (Å²) in [5, 5.41) is 8.78. The molecule has 0 amide bonds. The minimum absolute atomic E-state index is 0.460. The second-order valence-corrected chi connectivity index (χ2v) is 5.15. The van der Waals surface area contributed by atoms with Crippen LogP contribution in [-0.2, 0) is 0 Å². The molecule has 1 aromatic rings. The van der Waals surface area contributed by atoms with Gasteiger partial charge in [0.15, 0.2) is 0 Å². The largest absolute Gasteiger partial charge is 0.351 e. The molecule has 2 rings (SSSR count). The zero-order valence-corrected chi connectivity index (χ0v) is 11.3. The molecule has 0 aliphatic carbocycles. The van der Waals surface area contributed by atoms with Crippen LogP contribution in [0.25, 0.3) is 0 Å². The zero-order valence-electron chi connectivity index (χ0n) is 11.3. The van der Waals surface area contributed by atoms with Crippen LogP contribution in [0, 0.1) is 11.3 Å². The summed E-state index contributed by atoms with van der Waals surface area (Å²) < 4.78 is 0. The van der Waals surface area contributed by atoms with Crippen LogP contribution < -0.4 is 4.90 Å². The van der Waals surface area contributed by atoms with Gasteiger partial charge in [-0.3, -0.25) is 4.90 Å². The molecule has 0 saturated carbocycles. The standard InChI is InChI=1S/C14H20N4/c1-11(2)17-6-7-18(12(3)10-17)14-5-4-13(8-15)9-16-14/h4-5,9,11-12H,6-7,10H2,1-3H3. The molecule has 4 heteroatoms. The molecule has 1 aliphatic rings. The fourth-order valence-electron chi connectivity index (χ4n) is 2.42. The summed E-state index contributed by atoms with van der Waals surface area (Å²) in [7, 11) is 0. The van der Waals surface area contributed by atoms with Gasteiger partial charge >= 0.3 is 0 Å². The number of hydrogen-bond donors (Lipinski definition) is 0. The summed E-state index contributed by atoms with van der Waals surface area (Å²) in [5.41, 5.74) is 0.618. The maximum Gasteiger partial charge on any atom is 0.128 e. The summed E-state index contributed by atoms with van der Waals surface area (Å²) in [6, 6.07) is 6.94. The first-order valence-corrected chi connectivity index (χ1v) is 6.48. The Morgan fingerprint density at radius 2 is 2.17 bits per heavy atom. The lowest BCUT2D eigenvalue weighted by molar-refractivity contribution is 0.185. The van der Waals surface area contributed by atoms with E-state index in [0.29, 0.717) is 17.6 Å². The second kappa shape index (κ2) is 5.36. The van der Waals surface area contributed by atoms with Gasteiger partial charge in [-0.05, 0) is 32.9 Å². The van der Waals surface area contributed by atoms with Crippen molar-refractivity contribution in [2.45, 2.75) is 32.9 Å². The molecule has 4 nitrogen and oxygen atoms in total. The van der Waals surface area contributed by atoms with Crippen LogP contribution in [0.15, 0.2) is 18.3 Å². The van der Waals surface area contributed by atoms with E-state index in [4.69, 9.17) is 5.26 Å². The molecule has 0 bridgehead atoms. The number of aromatic nitrogens is 1. The molecule has 1 unspecified atom stereocenters. The first-order chi connectivity index (χ1) is 8.61. The van der Waals surface area contributed by atoms with E-state index < -0.39 is 0 Å². The molecule has 1 atom stereocenters. The molecule has 2 heterocycles. The molecule has 1 fully saturated rings. The van der Waals surface area contributed by atoms with E-state index in [-0.39, 0.29) is 0 Å². The molecule has 96 valence electrons. The number of pyridine rings is 1. The van der Waals surface area contributed by atoms with Crippen molar-refractivity contribution in [3.8, 4) is 6.07 Å². The van der Waals surface area contributed by atoms with Crippen molar-refractivity contribution < 1.29 is 0 Å². The molecule has 1 aliphatic heterocycles. The highest BCUT2D eigenvalue weighted by molar-refractivity contribution is 5.43. The van der Waals surface area contributed by atoms with Crippen LogP contribution in [0.2, 0.25) is 0 Å². The summed E-state index contributed by atoms with van der Waals surface area (Å²) in [5.74, 6) is 0.977. The molecule has 18 heavy (non-hydrogen) atoms. The third-order valence-electron chi connectivity index (χ3n) is 3.56. The molecular weight excluding hydrogens is 224 g/mol. The predicted octanol–water partition coefficient (Wildman–Crippen LogP) is 1.87. The fourth-order valence-corrected chi connectivity index (χ4v) is 2.42. The van der Waals surface area contributed by atoms with Gasteiger partial charge in [0.05, 0.1) is 5.56 Å². The van der Waals surface area contributed by atoms with E-state index in [0.717, 1.165) is 25.5 Å². The van der Waals surface area contributed by atoms with Crippen molar-refractivity contribution in [3.63, 3.8) is 0 Å². The highest BCUT2D eigenvalue weighted by Crippen LogP contribution is 2.19. The van der Waals surface area contributed by atoms with Crippen molar-refractivity contribution in [3.05, 3.63) is 23.9 Å². The van der Waals surface area contributed by atoms with Crippen molar-refractivity contribution in [1.29, 1.82) is 5.26 Å². The Kier molecular flexibility index (Phi) is 3.83. The molecule has 0 N–H and O–H groups in total. The van der Waals surface area contributed by atoms with Crippen molar-refractivity contribution in [2.24, 2.45) is 0 Å². The number of anilines is 1. The molecule has 0 spiro atoms. The van der Waals surface area contributed by atoms with Gasteiger partial charge in [0, 0.05) is 37.9 Å². The Bertz CT molecular complexity index is 432. The summed E-state index contributed by atoms with van der Waals surface area (Å²) >= 11 is 0. The Morgan fingerprint density at radius 1 is 1.39 bits per heavy atom. The van der Waals surface area contributed by atoms with Gasteiger partial charge in [-0.1, -0.05) is 0 Å². The lowest BCUT2D eigenvalue weighted by atomic mass is 10.1. The number of rotatable bonds is 2. The van der Waals surface area contributed by atoms with E-state index in [2.05, 4.69) is 41.6 Å². The van der Waals surface area contributed by atoms with Crippen LogP contribution in [0.4, 0.5) is 5.82 Å². The first-order valence-electron chi connectivity index (χ1n) is 6.48. The summed E-state index contributed by atoms with van der Waals surface area (Å²) in [6.45, 7) is 9.85. The molecular formula is C14H20N4. The summed E-state index contributed by atoms with van der Waals surface area (Å²) in [6.07, 6.45) is 1.65. The highest BCUT2D eigenvalue weighted by Gasteiger charge is 2.25. The van der Waals surface area contributed by atoms with Gasteiger partial charge in [0.2, 0.25) is 0 Å². The molecule has 0 aromatic carbocycles. The maximum absolute atomic E-state index is 8.78. The fraction of sp³-hybridized carbons (Fsp3) is 0.571. The third-order valence-corrected chi connectivity index (χ3v) is 3.56. The van der Waals surface area contributed by atoms with Crippen molar-refractivity contribution >= 4 is 5.82 Å². The molecule has 0 radical (unpaired) electrons. The highest BCUT2D eigenvalue weighted by atomic mass is 15.3. The Labute approximate surface area is 109 Å². The average Bonchev–Trinajstić information content (AvgIpc) is 2.38. The van der Waals surface area contributed by atoms with Crippen molar-refractivity contribution in [2.75, 3.05) is 24.5 Å². The normalized spacial score (nSPS) is 21.1. The van der Waals surface area contributed by atoms with Crippen LogP contribution in [0.5, 0.6) is 0 Å². The lowest BCUT2D eigenvalue weighted by Crippen LogP contribution is -2.54. The lowest BCUT2D eigenvalue weighted by Gasteiger charge is -2.42. The third kappa shape index (κ3) is 2.62. The van der Waals surface area contributed by atoms with Gasteiger partial charge in [-0.25, -0.2) is 4.98 Å². The topological polar surface area (TPSA) is 43.2 Å². The number of hydrogen-bond acceptors (Lipinski definition) is 4. The van der Waals surface area contributed by atoms with E-state index in [1.165, 1.54) is 0 Å². The monoisotopic (exact) mass is 244 g/mol. The maximum atomic E-state index is 8.78. The molecule has 1 aromatic heterocycles. The predicted molar refractivity (Wildman–Crippen MR) is 72.5 cm³/mol. The van der Waals surface area contributed by atoms with Gasteiger partial charge in [0.1, 0.15) is 11.9 Å². The van der Waals surface area contributed by atoms with E-state index in [1.807, 2.05) is 12.1 Å². The molecule has 1 saturated heterocycles. The second-order valence-electron chi connectivity index (χ2n) is 5.15. The zero-order chi connectivity index (χ0) is 13.1. The van der Waals surface area contributed by atoms with Crippen molar-refractivity contribution in [1.82, 2.24) is 9.88 Å². The van der Waals surface area contributed by atoms with E-state index in [9.17, 15) is 0 Å². The van der Waals surface area contributed by atoms with Gasteiger partial charge < -0.3 is 4.90 Å².